The average Bonchev–Trinajstić information content (AvgIpc) is 2.89. The zero-order valence-electron chi connectivity index (χ0n) is 14.4. The second-order valence-corrected chi connectivity index (χ2v) is 6.57. The number of unbranched alkanes of at least 4 members (excludes halogenated alkanes) is 5. The summed E-state index contributed by atoms with van der Waals surface area (Å²) in [5.41, 5.74) is 0.596. The fraction of sp³-hybridized carbons (Fsp3) is 0.550. The van der Waals surface area contributed by atoms with Crippen molar-refractivity contribution >= 4 is 23.8 Å². The number of aldehydes is 1. The Hall–Kier alpha value is -1.97. The Labute approximate surface area is 144 Å². The van der Waals surface area contributed by atoms with Gasteiger partial charge in [0.1, 0.15) is 6.29 Å². The average molecular weight is 329 g/mol. The highest BCUT2D eigenvalue weighted by Gasteiger charge is 2.43. The predicted molar refractivity (Wildman–Crippen MR) is 94.6 cm³/mol. The lowest BCUT2D eigenvalue weighted by Crippen LogP contribution is -2.32. The molecule has 2 atom stereocenters. The number of anilines is 1. The zero-order valence-corrected chi connectivity index (χ0v) is 14.4. The molecular formula is C20H27NO3. The van der Waals surface area contributed by atoms with Crippen LogP contribution in [0.15, 0.2) is 30.3 Å². The summed E-state index contributed by atoms with van der Waals surface area (Å²) in [6, 6.07) is 8.95. The van der Waals surface area contributed by atoms with Crippen LogP contribution in [0.1, 0.15) is 58.3 Å². The number of amides is 2. The van der Waals surface area contributed by atoms with Crippen molar-refractivity contribution in [3.63, 3.8) is 0 Å². The molecule has 0 N–H and O–H groups in total. The molecule has 4 nitrogen and oxygen atoms in total. The Bertz CT molecular complexity index is 555. The molecule has 0 saturated carbocycles. The minimum absolute atomic E-state index is 0.146. The maximum atomic E-state index is 12.6. The first kappa shape index (κ1) is 18.4. The summed E-state index contributed by atoms with van der Waals surface area (Å²) in [5.74, 6) is -1.27. The Morgan fingerprint density at radius 3 is 2.42 bits per heavy atom. The minimum atomic E-state index is -0.495. The molecule has 1 heterocycles. The van der Waals surface area contributed by atoms with Gasteiger partial charge in [-0.1, -0.05) is 63.6 Å². The molecule has 0 aromatic heterocycles. The normalized spacial score (nSPS) is 18.9. The quantitative estimate of drug-likeness (QED) is 0.368. The van der Waals surface area contributed by atoms with Gasteiger partial charge in [0.15, 0.2) is 0 Å². The van der Waals surface area contributed by atoms with E-state index in [0.717, 1.165) is 19.1 Å². The second-order valence-electron chi connectivity index (χ2n) is 6.57. The highest BCUT2D eigenvalue weighted by atomic mass is 16.2. The van der Waals surface area contributed by atoms with Crippen molar-refractivity contribution < 1.29 is 14.4 Å². The van der Waals surface area contributed by atoms with E-state index in [2.05, 4.69) is 6.92 Å². The van der Waals surface area contributed by atoms with Gasteiger partial charge >= 0.3 is 0 Å². The third-order valence-electron chi connectivity index (χ3n) is 4.78. The van der Waals surface area contributed by atoms with Gasteiger partial charge in [0.2, 0.25) is 11.8 Å². The van der Waals surface area contributed by atoms with Gasteiger partial charge in [-0.25, -0.2) is 0 Å². The van der Waals surface area contributed by atoms with E-state index in [0.29, 0.717) is 12.1 Å². The third kappa shape index (κ3) is 4.53. The number of carbonyl (C=O) groups is 3. The van der Waals surface area contributed by atoms with E-state index in [1.165, 1.54) is 30.6 Å². The van der Waals surface area contributed by atoms with Gasteiger partial charge in [0.25, 0.3) is 0 Å². The number of para-hydroxylation sites is 1. The third-order valence-corrected chi connectivity index (χ3v) is 4.78. The number of rotatable bonds is 10. The summed E-state index contributed by atoms with van der Waals surface area (Å²) < 4.78 is 0. The first-order chi connectivity index (χ1) is 11.7. The summed E-state index contributed by atoms with van der Waals surface area (Å²) in [7, 11) is 0. The van der Waals surface area contributed by atoms with E-state index in [4.69, 9.17) is 0 Å². The van der Waals surface area contributed by atoms with Crippen LogP contribution in [0, 0.1) is 11.8 Å². The van der Waals surface area contributed by atoms with Crippen LogP contribution in [0.3, 0.4) is 0 Å². The van der Waals surface area contributed by atoms with E-state index in [9.17, 15) is 14.4 Å². The van der Waals surface area contributed by atoms with Crippen molar-refractivity contribution in [2.45, 2.75) is 58.3 Å². The largest absolute Gasteiger partial charge is 0.303 e. The molecule has 0 radical (unpaired) electrons. The van der Waals surface area contributed by atoms with Gasteiger partial charge < -0.3 is 4.79 Å². The maximum Gasteiger partial charge on any atom is 0.238 e. The van der Waals surface area contributed by atoms with E-state index in [-0.39, 0.29) is 24.2 Å². The molecule has 2 rings (SSSR count). The van der Waals surface area contributed by atoms with Crippen molar-refractivity contribution in [3.8, 4) is 0 Å². The van der Waals surface area contributed by atoms with E-state index >= 15 is 0 Å². The van der Waals surface area contributed by atoms with Crippen molar-refractivity contribution in [2.75, 3.05) is 4.90 Å². The molecule has 1 aliphatic heterocycles. The number of benzene rings is 1. The molecule has 1 saturated heterocycles. The van der Waals surface area contributed by atoms with Crippen LogP contribution in [0.5, 0.6) is 0 Å². The van der Waals surface area contributed by atoms with E-state index < -0.39 is 5.92 Å². The molecule has 0 spiro atoms. The lowest BCUT2D eigenvalue weighted by Gasteiger charge is -2.18. The molecule has 0 unspecified atom stereocenters. The van der Waals surface area contributed by atoms with Crippen molar-refractivity contribution in [1.82, 2.24) is 0 Å². The highest BCUT2D eigenvalue weighted by Crippen LogP contribution is 2.32. The first-order valence-electron chi connectivity index (χ1n) is 9.06. The van der Waals surface area contributed by atoms with Crippen LogP contribution in [0.2, 0.25) is 0 Å². The lowest BCUT2D eigenvalue weighted by molar-refractivity contribution is -0.125. The number of hydrogen-bond donors (Lipinski definition) is 0. The number of carbonyl (C=O) groups excluding carboxylic acids is 3. The first-order valence-corrected chi connectivity index (χ1v) is 9.06. The Morgan fingerprint density at radius 2 is 1.75 bits per heavy atom. The van der Waals surface area contributed by atoms with Gasteiger partial charge in [-0.15, -0.1) is 0 Å². The van der Waals surface area contributed by atoms with Crippen molar-refractivity contribution in [2.24, 2.45) is 11.8 Å². The van der Waals surface area contributed by atoms with Crippen LogP contribution in [0.4, 0.5) is 5.69 Å². The number of hydrogen-bond acceptors (Lipinski definition) is 3. The van der Waals surface area contributed by atoms with Crippen LogP contribution in [0.25, 0.3) is 0 Å². The SMILES string of the molecule is CCCCCCCC[C@H](C=O)[C@@H]1CC(=O)N(c2ccccc2)C1=O. The lowest BCUT2D eigenvalue weighted by atomic mass is 9.87. The molecule has 4 heteroatoms. The van der Waals surface area contributed by atoms with Crippen LogP contribution >= 0.6 is 0 Å². The van der Waals surface area contributed by atoms with E-state index in [1.807, 2.05) is 6.07 Å². The Kier molecular flexibility index (Phi) is 7.16. The summed E-state index contributed by atoms with van der Waals surface area (Å²) in [4.78, 5) is 37.6. The molecule has 1 fully saturated rings. The van der Waals surface area contributed by atoms with E-state index in [1.54, 1.807) is 24.3 Å². The molecular weight excluding hydrogens is 302 g/mol. The molecule has 1 aromatic carbocycles. The fourth-order valence-electron chi connectivity index (χ4n) is 3.36. The second kappa shape index (κ2) is 9.36. The van der Waals surface area contributed by atoms with Crippen LogP contribution in [-0.4, -0.2) is 18.1 Å². The molecule has 1 aliphatic rings. The number of nitrogens with zero attached hydrogens (tertiary/aromatic N) is 1. The molecule has 0 aliphatic carbocycles. The Morgan fingerprint density at radius 1 is 1.08 bits per heavy atom. The predicted octanol–water partition coefficient (Wildman–Crippen LogP) is 4.13. The van der Waals surface area contributed by atoms with Crippen LogP contribution < -0.4 is 4.90 Å². The van der Waals surface area contributed by atoms with Crippen LogP contribution in [-0.2, 0) is 14.4 Å². The van der Waals surface area contributed by atoms with Crippen molar-refractivity contribution in [1.29, 1.82) is 0 Å². The molecule has 0 bridgehead atoms. The monoisotopic (exact) mass is 329 g/mol. The molecule has 24 heavy (non-hydrogen) atoms. The van der Waals surface area contributed by atoms with Gasteiger partial charge in [0, 0.05) is 12.3 Å². The van der Waals surface area contributed by atoms with Gasteiger partial charge in [-0.05, 0) is 18.6 Å². The smallest absolute Gasteiger partial charge is 0.238 e. The topological polar surface area (TPSA) is 54.5 Å². The molecule has 1 aromatic rings. The minimum Gasteiger partial charge on any atom is -0.303 e. The Balaban J connectivity index is 1.91. The molecule has 2 amide bonds. The zero-order chi connectivity index (χ0) is 17.4. The maximum absolute atomic E-state index is 12.6. The van der Waals surface area contributed by atoms with Gasteiger partial charge in [-0.3, -0.25) is 14.5 Å². The summed E-state index contributed by atoms with van der Waals surface area (Å²) in [5, 5.41) is 0. The highest BCUT2D eigenvalue weighted by molar-refractivity contribution is 6.21. The summed E-state index contributed by atoms with van der Waals surface area (Å²) in [6.07, 6.45) is 8.60. The standard InChI is InChI=1S/C20H27NO3/c1-2-3-4-5-6-8-11-16(15-22)18-14-19(23)21(20(18)24)17-12-9-7-10-13-17/h7,9-10,12-13,15-16,18H,2-6,8,11,14H2,1H3/t16-,18+/m1/s1. The summed E-state index contributed by atoms with van der Waals surface area (Å²) >= 11 is 0. The fourth-order valence-corrected chi connectivity index (χ4v) is 3.36. The molecule has 130 valence electrons. The number of imide groups is 1. The van der Waals surface area contributed by atoms with Gasteiger partial charge in [0.05, 0.1) is 11.6 Å². The van der Waals surface area contributed by atoms with Gasteiger partial charge in [-0.2, -0.15) is 0 Å². The summed E-state index contributed by atoms with van der Waals surface area (Å²) in [6.45, 7) is 2.18. The van der Waals surface area contributed by atoms with Crippen molar-refractivity contribution in [3.05, 3.63) is 30.3 Å².